The molecule has 0 aliphatic heterocycles. The van der Waals surface area contributed by atoms with Crippen molar-refractivity contribution in [2.75, 3.05) is 0 Å². The van der Waals surface area contributed by atoms with Gasteiger partial charge in [-0.15, -0.1) is 59.7 Å². The van der Waals surface area contributed by atoms with Crippen molar-refractivity contribution in [3.63, 3.8) is 0 Å². The minimum Gasteiger partial charge on any atom is -0.305 e. The van der Waals surface area contributed by atoms with Gasteiger partial charge in [0, 0.05) is 37.2 Å². The Hall–Kier alpha value is -4.51. The van der Waals surface area contributed by atoms with Crippen molar-refractivity contribution in [3.8, 4) is 44.8 Å². The summed E-state index contributed by atoms with van der Waals surface area (Å²) in [7, 11) is -1.34. The van der Waals surface area contributed by atoms with E-state index in [4.69, 9.17) is 0 Å². The van der Waals surface area contributed by atoms with Gasteiger partial charge in [-0.2, -0.15) is 11.3 Å². The van der Waals surface area contributed by atoms with Crippen LogP contribution in [-0.4, -0.2) is 18.0 Å². The first-order valence-electron chi connectivity index (χ1n) is 18.1. The first-order chi connectivity index (χ1) is 25.2. The molecule has 5 aromatic carbocycles. The molecule has 0 amide bonds. The molecule has 0 N–H and O–H groups in total. The van der Waals surface area contributed by atoms with E-state index in [1.165, 1.54) is 58.7 Å². The third kappa shape index (κ3) is 8.50. The average Bonchev–Trinajstić information content (AvgIpc) is 3.55. The van der Waals surface area contributed by atoms with Crippen molar-refractivity contribution in [2.24, 2.45) is 5.92 Å². The summed E-state index contributed by atoms with van der Waals surface area (Å²) in [6, 6.07) is 51.4. The van der Waals surface area contributed by atoms with Gasteiger partial charge >= 0.3 is 0 Å². The predicted molar refractivity (Wildman–Crippen MR) is 227 cm³/mol. The number of pyridine rings is 2. The second-order valence-corrected chi connectivity index (χ2v) is 20.9. The van der Waals surface area contributed by atoms with E-state index >= 15 is 0 Å². The van der Waals surface area contributed by atoms with Crippen LogP contribution in [0.15, 0.2) is 140 Å². The molecule has 0 spiro atoms. The van der Waals surface area contributed by atoms with Gasteiger partial charge in [0.15, 0.2) is 0 Å². The molecule has 0 atom stereocenters. The van der Waals surface area contributed by atoms with Gasteiger partial charge in [-0.25, -0.2) is 0 Å². The van der Waals surface area contributed by atoms with Crippen molar-refractivity contribution in [2.45, 2.75) is 46.8 Å². The zero-order valence-corrected chi connectivity index (χ0v) is 35.4. The van der Waals surface area contributed by atoms with Crippen LogP contribution in [0.25, 0.3) is 64.9 Å². The van der Waals surface area contributed by atoms with Gasteiger partial charge in [-0.3, -0.25) is 0 Å². The van der Waals surface area contributed by atoms with Gasteiger partial charge in [-0.05, 0) is 74.2 Å². The molecule has 0 bridgehead atoms. The van der Waals surface area contributed by atoms with Gasteiger partial charge in [-0.1, -0.05) is 135 Å². The summed E-state index contributed by atoms with van der Waals surface area (Å²) in [5.74, 6) is 0.667. The third-order valence-electron chi connectivity index (χ3n) is 9.33. The van der Waals surface area contributed by atoms with Crippen LogP contribution < -0.4 is 5.19 Å². The zero-order chi connectivity index (χ0) is 36.2. The summed E-state index contributed by atoms with van der Waals surface area (Å²) in [5.41, 5.74) is 11.9. The van der Waals surface area contributed by atoms with E-state index in [0.29, 0.717) is 5.92 Å². The molecule has 0 saturated heterocycles. The predicted octanol–water partition coefficient (Wildman–Crippen LogP) is 12.8. The largest absolute Gasteiger partial charge is 0.305 e. The number of aromatic nitrogens is 2. The Kier molecular flexibility index (Phi) is 12.0. The zero-order valence-electron chi connectivity index (χ0n) is 31.2. The molecular formula is C48H44IrN2SSi-2. The number of benzene rings is 5. The van der Waals surface area contributed by atoms with Crippen molar-refractivity contribution in [1.82, 2.24) is 9.97 Å². The molecule has 1 radical (unpaired) electrons. The van der Waals surface area contributed by atoms with E-state index in [0.717, 1.165) is 28.9 Å². The Balaban J connectivity index is 0.000000199. The van der Waals surface area contributed by atoms with Crippen LogP contribution in [0.4, 0.5) is 0 Å². The number of thiophene rings is 1. The second-order valence-electron chi connectivity index (χ2n) is 14.9. The summed E-state index contributed by atoms with van der Waals surface area (Å²) < 4.78 is 2.54. The van der Waals surface area contributed by atoms with Gasteiger partial charge < -0.3 is 9.97 Å². The number of hydrogen-bond acceptors (Lipinski definition) is 3. The molecule has 3 aromatic heterocycles. The van der Waals surface area contributed by atoms with Crippen molar-refractivity contribution in [3.05, 3.63) is 163 Å². The van der Waals surface area contributed by atoms with E-state index in [1.54, 1.807) is 0 Å². The quantitative estimate of drug-likeness (QED) is 0.118. The van der Waals surface area contributed by atoms with Gasteiger partial charge in [0.2, 0.25) is 0 Å². The molecule has 8 rings (SSSR count). The summed E-state index contributed by atoms with van der Waals surface area (Å²) in [6.45, 7) is 13.8. The fourth-order valence-electron chi connectivity index (χ4n) is 6.89. The van der Waals surface area contributed by atoms with Crippen LogP contribution >= 0.6 is 11.3 Å². The first-order valence-corrected chi connectivity index (χ1v) is 22.4. The summed E-state index contributed by atoms with van der Waals surface area (Å²) in [5, 5.41) is 4.06. The molecule has 0 aliphatic rings. The van der Waals surface area contributed by atoms with Crippen LogP contribution in [-0.2, 0) is 26.5 Å². The number of fused-ring (bicyclic) bond motifs is 3. The Morgan fingerprint density at radius 1 is 0.679 bits per heavy atom. The second kappa shape index (κ2) is 16.7. The molecule has 0 fully saturated rings. The molecule has 267 valence electrons. The molecule has 0 saturated carbocycles. The third-order valence-corrected chi connectivity index (χ3v) is 12.7. The average molecular weight is 901 g/mol. The Labute approximate surface area is 333 Å². The maximum Gasteiger partial charge on any atom is 0.0798 e. The molecule has 5 heteroatoms. The van der Waals surface area contributed by atoms with Crippen LogP contribution in [0, 0.1) is 25.0 Å². The van der Waals surface area contributed by atoms with Crippen molar-refractivity contribution < 1.29 is 20.1 Å². The van der Waals surface area contributed by atoms with Gasteiger partial charge in [0.1, 0.15) is 0 Å². The SMILES string of the molecule is CC(C)Cc1cc(-c2[c-]cccc2)ncc1[Si](C)(C)C.Cc1ccnc(-c2[c-]ccc3c2sc2c(-c4ccccc4)ccc(-c4ccccc4)c23)c1.[Ir]. The molecular weight excluding hydrogens is 857 g/mol. The van der Waals surface area contributed by atoms with Crippen LogP contribution in [0.1, 0.15) is 25.0 Å². The maximum atomic E-state index is 4.69. The Morgan fingerprint density at radius 3 is 2.00 bits per heavy atom. The number of nitrogens with zero attached hydrogens (tertiary/aromatic N) is 2. The van der Waals surface area contributed by atoms with Gasteiger partial charge in [0.05, 0.1) is 8.07 Å². The Bertz CT molecular complexity index is 2450. The standard InChI is InChI=1S/C30H20NS.C18H24NSi.Ir/c1-20-17-18-31-27(19-20)25-13-8-14-26-28-23(21-9-4-2-5-10-21)15-16-24(30(28)32-29(25)26)22-11-6-3-7-12-22;1-14(2)11-16-12-17(15-9-7-6-8-10-15)19-13-18(16)20(3,4)5;/h2-12,14-19H,1H3;6-9,12-14H,11H2,1-5H3;/q2*-1;. The maximum absolute atomic E-state index is 4.69. The summed E-state index contributed by atoms with van der Waals surface area (Å²) >= 11 is 1.85. The van der Waals surface area contributed by atoms with Crippen LogP contribution in [0.5, 0.6) is 0 Å². The molecule has 0 aliphatic carbocycles. The van der Waals surface area contributed by atoms with E-state index in [2.05, 4.69) is 166 Å². The normalized spacial score (nSPS) is 11.3. The fraction of sp³-hybridized carbons (Fsp3) is 0.167. The van der Waals surface area contributed by atoms with E-state index in [1.807, 2.05) is 47.9 Å². The van der Waals surface area contributed by atoms with Gasteiger partial charge in [0.25, 0.3) is 0 Å². The number of hydrogen-bond donors (Lipinski definition) is 0. The van der Waals surface area contributed by atoms with E-state index in [-0.39, 0.29) is 20.1 Å². The molecule has 8 aromatic rings. The molecule has 53 heavy (non-hydrogen) atoms. The first kappa shape index (κ1) is 38.2. The van der Waals surface area contributed by atoms with Crippen LogP contribution in [0.3, 0.4) is 0 Å². The van der Waals surface area contributed by atoms with Crippen molar-refractivity contribution >= 4 is 44.8 Å². The smallest absolute Gasteiger partial charge is 0.0798 e. The fourth-order valence-corrected chi connectivity index (χ4v) is 9.85. The minimum atomic E-state index is -1.34. The molecule has 0 unspecified atom stereocenters. The van der Waals surface area contributed by atoms with Crippen molar-refractivity contribution in [1.29, 1.82) is 0 Å². The summed E-state index contributed by atoms with van der Waals surface area (Å²) in [6.07, 6.45) is 5.12. The van der Waals surface area contributed by atoms with E-state index in [9.17, 15) is 0 Å². The van der Waals surface area contributed by atoms with E-state index < -0.39 is 8.07 Å². The number of rotatable bonds is 7. The topological polar surface area (TPSA) is 25.8 Å². The minimum absolute atomic E-state index is 0. The molecule has 2 nitrogen and oxygen atoms in total. The molecule has 3 heterocycles. The number of aryl methyl sites for hydroxylation is 1. The summed E-state index contributed by atoms with van der Waals surface area (Å²) in [4.78, 5) is 9.35. The monoisotopic (exact) mass is 901 g/mol. The Morgan fingerprint density at radius 2 is 1.36 bits per heavy atom. The van der Waals surface area contributed by atoms with Crippen LogP contribution in [0.2, 0.25) is 19.6 Å².